The molecule has 0 aliphatic carbocycles. The van der Waals surface area contributed by atoms with E-state index in [-0.39, 0.29) is 12.4 Å². The summed E-state index contributed by atoms with van der Waals surface area (Å²) in [6, 6.07) is 0. The molecule has 7 heteroatoms. The zero-order valence-electron chi connectivity index (χ0n) is 12.3. The van der Waals surface area contributed by atoms with E-state index < -0.39 is 0 Å². The number of ether oxygens (including phenoxy) is 3. The summed E-state index contributed by atoms with van der Waals surface area (Å²) in [5.41, 5.74) is 0.742. The molecule has 1 rings (SSSR count). The van der Waals surface area contributed by atoms with Crippen LogP contribution in [0.2, 0.25) is 0 Å². The molecule has 0 atom stereocenters. The Balaban J connectivity index is 2.61. The third-order valence-electron chi connectivity index (χ3n) is 2.71. The number of hydrogen-bond acceptors (Lipinski definition) is 7. The van der Waals surface area contributed by atoms with E-state index in [1.54, 1.807) is 14.2 Å². The number of carbonyl (C=O) groups is 1. The molecule has 1 aromatic rings. The van der Waals surface area contributed by atoms with E-state index in [1.807, 2.05) is 5.38 Å². The minimum Gasteiger partial charge on any atom is -0.469 e. The lowest BCUT2D eigenvalue weighted by Gasteiger charge is -2.21. The first-order valence-electron chi connectivity index (χ1n) is 6.45. The Labute approximate surface area is 123 Å². The summed E-state index contributed by atoms with van der Waals surface area (Å²) in [4.78, 5) is 17.9. The van der Waals surface area contributed by atoms with Gasteiger partial charge in [0.15, 0.2) is 5.13 Å². The summed E-state index contributed by atoms with van der Waals surface area (Å²) >= 11 is 1.53. The molecule has 0 radical (unpaired) electrons. The largest absolute Gasteiger partial charge is 0.469 e. The van der Waals surface area contributed by atoms with Gasteiger partial charge in [-0.3, -0.25) is 4.79 Å². The zero-order chi connectivity index (χ0) is 14.8. The maximum Gasteiger partial charge on any atom is 0.311 e. The van der Waals surface area contributed by atoms with E-state index in [0.717, 1.165) is 30.3 Å². The molecule has 0 saturated heterocycles. The predicted octanol–water partition coefficient (Wildman–Crippen LogP) is 1.35. The standard InChI is InChI=1S/C13H22N2O4S/c1-17-7-4-5-15(6-8-18-2)13-14-11(10-20-13)9-12(16)19-3/h10H,4-9H2,1-3H3. The van der Waals surface area contributed by atoms with Crippen molar-refractivity contribution >= 4 is 22.4 Å². The third-order valence-corrected chi connectivity index (χ3v) is 3.66. The first-order valence-corrected chi connectivity index (χ1v) is 7.33. The van der Waals surface area contributed by atoms with Gasteiger partial charge in [-0.2, -0.15) is 0 Å². The summed E-state index contributed by atoms with van der Waals surface area (Å²) in [5, 5.41) is 2.79. The van der Waals surface area contributed by atoms with Crippen molar-refractivity contribution in [2.24, 2.45) is 0 Å². The van der Waals surface area contributed by atoms with Crippen LogP contribution in [0.25, 0.3) is 0 Å². The second-order valence-electron chi connectivity index (χ2n) is 4.20. The van der Waals surface area contributed by atoms with Gasteiger partial charge in [-0.15, -0.1) is 11.3 Å². The van der Waals surface area contributed by atoms with Crippen molar-refractivity contribution in [1.29, 1.82) is 0 Å². The second kappa shape index (κ2) is 9.68. The predicted molar refractivity (Wildman–Crippen MR) is 78.4 cm³/mol. The SMILES string of the molecule is COCCCN(CCOC)c1nc(CC(=O)OC)cs1. The molecule has 0 aliphatic rings. The second-order valence-corrected chi connectivity index (χ2v) is 5.04. The fourth-order valence-electron chi connectivity index (χ4n) is 1.65. The Morgan fingerprint density at radius 1 is 1.25 bits per heavy atom. The van der Waals surface area contributed by atoms with E-state index in [0.29, 0.717) is 13.2 Å². The quantitative estimate of drug-likeness (QED) is 0.480. The number of aromatic nitrogens is 1. The summed E-state index contributed by atoms with van der Waals surface area (Å²) in [7, 11) is 4.75. The van der Waals surface area contributed by atoms with Gasteiger partial charge in [0.1, 0.15) is 0 Å². The van der Waals surface area contributed by atoms with Crippen molar-refractivity contribution in [3.8, 4) is 0 Å². The third kappa shape index (κ3) is 5.85. The molecule has 20 heavy (non-hydrogen) atoms. The van der Waals surface area contributed by atoms with Crippen LogP contribution >= 0.6 is 11.3 Å². The molecule has 114 valence electrons. The number of thiazole rings is 1. The minimum absolute atomic E-state index is 0.211. The van der Waals surface area contributed by atoms with Gasteiger partial charge in [0.05, 0.1) is 25.8 Å². The van der Waals surface area contributed by atoms with Gasteiger partial charge in [0.25, 0.3) is 0 Å². The summed E-state index contributed by atoms with van der Waals surface area (Å²) in [5.74, 6) is -0.273. The number of esters is 1. The molecule has 0 unspecified atom stereocenters. The average molecular weight is 302 g/mol. The van der Waals surface area contributed by atoms with Crippen molar-refractivity contribution in [1.82, 2.24) is 4.98 Å². The van der Waals surface area contributed by atoms with Crippen LogP contribution in [0.15, 0.2) is 5.38 Å². The zero-order valence-corrected chi connectivity index (χ0v) is 13.1. The molecule has 1 heterocycles. The van der Waals surface area contributed by atoms with Crippen LogP contribution in [0.5, 0.6) is 0 Å². The molecule has 0 aromatic carbocycles. The van der Waals surface area contributed by atoms with Crippen LogP contribution in [0, 0.1) is 0 Å². The van der Waals surface area contributed by atoms with E-state index in [2.05, 4.69) is 14.6 Å². The summed E-state index contributed by atoms with van der Waals surface area (Å²) in [6.07, 6.45) is 1.13. The van der Waals surface area contributed by atoms with Crippen LogP contribution in [0.3, 0.4) is 0 Å². The molecule has 0 amide bonds. The maximum absolute atomic E-state index is 11.2. The van der Waals surface area contributed by atoms with E-state index in [9.17, 15) is 4.79 Å². The molecule has 0 spiro atoms. The average Bonchev–Trinajstić information content (AvgIpc) is 2.90. The summed E-state index contributed by atoms with van der Waals surface area (Å²) in [6.45, 7) is 2.97. The maximum atomic E-state index is 11.2. The van der Waals surface area contributed by atoms with Gasteiger partial charge in [-0.1, -0.05) is 0 Å². The lowest BCUT2D eigenvalue weighted by atomic mass is 10.3. The molecule has 0 aliphatic heterocycles. The number of carbonyl (C=O) groups excluding carboxylic acids is 1. The smallest absolute Gasteiger partial charge is 0.311 e. The molecular weight excluding hydrogens is 280 g/mol. The van der Waals surface area contributed by atoms with Crippen LogP contribution in [-0.4, -0.2) is 58.6 Å². The number of hydrogen-bond donors (Lipinski definition) is 0. The number of nitrogens with zero attached hydrogens (tertiary/aromatic N) is 2. The van der Waals surface area contributed by atoms with Crippen molar-refractivity contribution in [3.63, 3.8) is 0 Å². The molecule has 6 nitrogen and oxygen atoms in total. The van der Waals surface area contributed by atoms with Gasteiger partial charge < -0.3 is 19.1 Å². The number of rotatable bonds is 10. The highest BCUT2D eigenvalue weighted by atomic mass is 32.1. The molecule has 0 fully saturated rings. The van der Waals surface area contributed by atoms with Gasteiger partial charge in [-0.25, -0.2) is 4.98 Å². The first kappa shape index (κ1) is 16.9. The fourth-order valence-corrected chi connectivity index (χ4v) is 2.53. The van der Waals surface area contributed by atoms with Gasteiger partial charge in [0, 0.05) is 39.3 Å². The van der Waals surface area contributed by atoms with Crippen molar-refractivity contribution in [2.75, 3.05) is 52.5 Å². The lowest BCUT2D eigenvalue weighted by molar-refractivity contribution is -0.139. The van der Waals surface area contributed by atoms with E-state index in [4.69, 9.17) is 9.47 Å². The minimum atomic E-state index is -0.273. The van der Waals surface area contributed by atoms with Crippen LogP contribution in [0.4, 0.5) is 5.13 Å². The molecule has 1 aromatic heterocycles. The van der Waals surface area contributed by atoms with Crippen LogP contribution < -0.4 is 4.90 Å². The summed E-state index contributed by atoms with van der Waals surface area (Å²) < 4.78 is 14.8. The highest BCUT2D eigenvalue weighted by Crippen LogP contribution is 2.21. The highest BCUT2D eigenvalue weighted by molar-refractivity contribution is 7.13. The van der Waals surface area contributed by atoms with E-state index in [1.165, 1.54) is 18.4 Å². The molecular formula is C13H22N2O4S. The number of anilines is 1. The van der Waals surface area contributed by atoms with Crippen molar-refractivity contribution in [3.05, 3.63) is 11.1 Å². The molecule has 0 N–H and O–H groups in total. The Morgan fingerprint density at radius 2 is 2.00 bits per heavy atom. The Morgan fingerprint density at radius 3 is 2.65 bits per heavy atom. The van der Waals surface area contributed by atoms with Crippen LogP contribution in [-0.2, 0) is 25.4 Å². The van der Waals surface area contributed by atoms with Gasteiger partial charge in [-0.05, 0) is 6.42 Å². The lowest BCUT2D eigenvalue weighted by Crippen LogP contribution is -2.29. The number of methoxy groups -OCH3 is 3. The monoisotopic (exact) mass is 302 g/mol. The highest BCUT2D eigenvalue weighted by Gasteiger charge is 2.13. The van der Waals surface area contributed by atoms with Crippen molar-refractivity contribution in [2.45, 2.75) is 12.8 Å². The van der Waals surface area contributed by atoms with Crippen LogP contribution in [0.1, 0.15) is 12.1 Å². The molecule has 0 bridgehead atoms. The Bertz CT molecular complexity index is 397. The molecule has 0 saturated carbocycles. The Kier molecular flexibility index (Phi) is 8.17. The fraction of sp³-hybridized carbons (Fsp3) is 0.692. The normalized spacial score (nSPS) is 10.6. The first-order chi connectivity index (χ1) is 9.71. The van der Waals surface area contributed by atoms with E-state index >= 15 is 0 Å². The van der Waals surface area contributed by atoms with Gasteiger partial charge >= 0.3 is 5.97 Å². The van der Waals surface area contributed by atoms with Crippen molar-refractivity contribution < 1.29 is 19.0 Å². The van der Waals surface area contributed by atoms with Gasteiger partial charge in [0.2, 0.25) is 0 Å². The Hall–Kier alpha value is -1.18. The topological polar surface area (TPSA) is 60.9 Å².